The van der Waals surface area contributed by atoms with Crippen molar-refractivity contribution in [2.45, 2.75) is 13.3 Å². The minimum absolute atomic E-state index is 0.810. The number of hydrogen-bond donors (Lipinski definition) is 0. The lowest BCUT2D eigenvalue weighted by atomic mass is 10.3. The van der Waals surface area contributed by atoms with E-state index in [4.69, 9.17) is 0 Å². The molecule has 0 radical (unpaired) electrons. The smallest absolute Gasteiger partial charge is 0.190 e. The van der Waals surface area contributed by atoms with Crippen LogP contribution < -0.4 is 0 Å². The molecule has 0 aliphatic carbocycles. The first-order valence-corrected chi connectivity index (χ1v) is 3.87. The summed E-state index contributed by atoms with van der Waals surface area (Å²) in [6.45, 7) is 2.09. The van der Waals surface area contributed by atoms with Gasteiger partial charge in [0.25, 0.3) is 0 Å². The maximum Gasteiger partial charge on any atom is 0.190 e. The molecule has 2 nitrogen and oxygen atoms in total. The molecule has 0 aliphatic heterocycles. The minimum atomic E-state index is 0.810. The summed E-state index contributed by atoms with van der Waals surface area (Å²) in [6, 6.07) is 0. The van der Waals surface area contributed by atoms with Crippen LogP contribution in [0.1, 0.15) is 12.5 Å². The van der Waals surface area contributed by atoms with E-state index in [1.54, 1.807) is 0 Å². The Balaban J connectivity index is 2.88. The second kappa shape index (κ2) is 3.10. The fourth-order valence-corrected chi connectivity index (χ4v) is 0.800. The van der Waals surface area contributed by atoms with Gasteiger partial charge in [0.05, 0.1) is 0 Å². The molecule has 0 bridgehead atoms. The number of aryl methyl sites for hydroxylation is 1. The highest BCUT2D eigenvalue weighted by Gasteiger charge is 1.88. The summed E-state index contributed by atoms with van der Waals surface area (Å²) >= 11 is 2.09. The van der Waals surface area contributed by atoms with Gasteiger partial charge in [0.15, 0.2) is 3.83 Å². The quantitative estimate of drug-likeness (QED) is 0.545. The largest absolute Gasteiger partial charge is 0.231 e. The zero-order chi connectivity index (χ0) is 6.69. The van der Waals surface area contributed by atoms with Gasteiger partial charge in [0.2, 0.25) is 0 Å². The molecule has 3 heteroatoms. The molecule has 0 N–H and O–H groups in total. The average molecular weight is 234 g/mol. The third kappa shape index (κ3) is 1.89. The lowest BCUT2D eigenvalue weighted by molar-refractivity contribution is 1.01. The number of aromatic nitrogens is 2. The molecule has 0 aliphatic rings. The molecule has 48 valence electrons. The van der Waals surface area contributed by atoms with Crippen molar-refractivity contribution in [3.63, 3.8) is 0 Å². The van der Waals surface area contributed by atoms with Crippen LogP contribution in [-0.4, -0.2) is 9.97 Å². The van der Waals surface area contributed by atoms with Crippen LogP contribution in [0.2, 0.25) is 0 Å². The van der Waals surface area contributed by atoms with Crippen molar-refractivity contribution in [1.29, 1.82) is 0 Å². The van der Waals surface area contributed by atoms with Gasteiger partial charge in [-0.3, -0.25) is 0 Å². The summed E-state index contributed by atoms with van der Waals surface area (Å²) in [4.78, 5) is 8.05. The van der Waals surface area contributed by atoms with E-state index in [1.807, 2.05) is 12.4 Å². The molecule has 1 rings (SSSR count). The summed E-state index contributed by atoms with van der Waals surface area (Å²) in [5.41, 5.74) is 1.19. The third-order valence-corrected chi connectivity index (χ3v) is 1.64. The molecule has 0 amide bonds. The van der Waals surface area contributed by atoms with E-state index in [2.05, 4.69) is 39.5 Å². The monoisotopic (exact) mass is 234 g/mol. The Bertz CT molecular complexity index is 183. The van der Waals surface area contributed by atoms with Gasteiger partial charge < -0.3 is 0 Å². The SMILES string of the molecule is CCc1cnc(I)nc1. The van der Waals surface area contributed by atoms with Crippen LogP contribution in [-0.2, 0) is 6.42 Å². The standard InChI is InChI=1S/C6H7IN2/c1-2-5-3-8-6(7)9-4-5/h3-4H,2H2,1H3. The predicted octanol–water partition coefficient (Wildman–Crippen LogP) is 1.64. The number of nitrogens with zero attached hydrogens (tertiary/aromatic N) is 2. The van der Waals surface area contributed by atoms with E-state index in [-0.39, 0.29) is 0 Å². The second-order valence-electron chi connectivity index (χ2n) is 1.71. The molecule has 0 fully saturated rings. The van der Waals surface area contributed by atoms with Crippen LogP contribution in [0.15, 0.2) is 12.4 Å². The third-order valence-electron chi connectivity index (χ3n) is 1.08. The van der Waals surface area contributed by atoms with Crippen molar-refractivity contribution in [3.8, 4) is 0 Å². The van der Waals surface area contributed by atoms with E-state index in [1.165, 1.54) is 5.56 Å². The van der Waals surface area contributed by atoms with Crippen molar-refractivity contribution >= 4 is 22.6 Å². The summed E-state index contributed by atoms with van der Waals surface area (Å²) in [5, 5.41) is 0. The van der Waals surface area contributed by atoms with Gasteiger partial charge in [0.1, 0.15) is 0 Å². The summed E-state index contributed by atoms with van der Waals surface area (Å²) in [7, 11) is 0. The van der Waals surface area contributed by atoms with Gasteiger partial charge in [-0.2, -0.15) is 0 Å². The molecule has 9 heavy (non-hydrogen) atoms. The average Bonchev–Trinajstić information content (AvgIpc) is 1.90. The topological polar surface area (TPSA) is 25.8 Å². The van der Waals surface area contributed by atoms with Crippen molar-refractivity contribution in [3.05, 3.63) is 21.8 Å². The maximum absolute atomic E-state index is 4.03. The van der Waals surface area contributed by atoms with Gasteiger partial charge in [0, 0.05) is 35.0 Å². The Morgan fingerprint density at radius 3 is 2.44 bits per heavy atom. The van der Waals surface area contributed by atoms with Crippen LogP contribution in [0, 0.1) is 3.83 Å². The number of hydrogen-bond acceptors (Lipinski definition) is 2. The lowest BCUT2D eigenvalue weighted by Gasteiger charge is -1.91. The van der Waals surface area contributed by atoms with Gasteiger partial charge in [-0.05, 0) is 12.0 Å². The van der Waals surface area contributed by atoms with Gasteiger partial charge in [-0.15, -0.1) is 0 Å². The predicted molar refractivity (Wildman–Crippen MR) is 44.1 cm³/mol. The fraction of sp³-hybridized carbons (Fsp3) is 0.333. The van der Waals surface area contributed by atoms with Crippen LogP contribution >= 0.6 is 22.6 Å². The number of rotatable bonds is 1. The summed E-state index contributed by atoms with van der Waals surface area (Å²) < 4.78 is 0.810. The van der Waals surface area contributed by atoms with Crippen LogP contribution in [0.3, 0.4) is 0 Å². The highest BCUT2D eigenvalue weighted by atomic mass is 127. The van der Waals surface area contributed by atoms with E-state index in [0.717, 1.165) is 10.3 Å². The normalized spacial score (nSPS) is 9.56. The molecular weight excluding hydrogens is 227 g/mol. The second-order valence-corrected chi connectivity index (χ2v) is 2.68. The zero-order valence-corrected chi connectivity index (χ0v) is 7.29. The van der Waals surface area contributed by atoms with E-state index in [9.17, 15) is 0 Å². The molecule has 1 heterocycles. The highest BCUT2D eigenvalue weighted by molar-refractivity contribution is 14.1. The lowest BCUT2D eigenvalue weighted by Crippen LogP contribution is -1.88. The van der Waals surface area contributed by atoms with Crippen molar-refractivity contribution in [2.75, 3.05) is 0 Å². The van der Waals surface area contributed by atoms with Crippen molar-refractivity contribution in [1.82, 2.24) is 9.97 Å². The van der Waals surface area contributed by atoms with Crippen LogP contribution in [0.25, 0.3) is 0 Å². The molecule has 0 atom stereocenters. The van der Waals surface area contributed by atoms with Gasteiger partial charge in [-0.1, -0.05) is 6.92 Å². The highest BCUT2D eigenvalue weighted by Crippen LogP contribution is 1.97. The van der Waals surface area contributed by atoms with Gasteiger partial charge in [-0.25, -0.2) is 9.97 Å². The Morgan fingerprint density at radius 2 is 2.00 bits per heavy atom. The Hall–Kier alpha value is -0.190. The van der Waals surface area contributed by atoms with E-state index in [0.29, 0.717) is 0 Å². The molecule has 0 spiro atoms. The van der Waals surface area contributed by atoms with Crippen molar-refractivity contribution < 1.29 is 0 Å². The number of halogens is 1. The summed E-state index contributed by atoms with van der Waals surface area (Å²) in [6.07, 6.45) is 4.72. The Kier molecular flexibility index (Phi) is 2.38. The van der Waals surface area contributed by atoms with Gasteiger partial charge >= 0.3 is 0 Å². The molecule has 1 aromatic heterocycles. The molecule has 0 saturated carbocycles. The Labute approximate surface area is 67.9 Å². The maximum atomic E-state index is 4.03. The van der Waals surface area contributed by atoms with E-state index < -0.39 is 0 Å². The Morgan fingerprint density at radius 1 is 1.44 bits per heavy atom. The molecule has 1 aromatic rings. The van der Waals surface area contributed by atoms with Crippen LogP contribution in [0.5, 0.6) is 0 Å². The van der Waals surface area contributed by atoms with Crippen LogP contribution in [0.4, 0.5) is 0 Å². The molecule has 0 unspecified atom stereocenters. The van der Waals surface area contributed by atoms with E-state index >= 15 is 0 Å². The summed E-state index contributed by atoms with van der Waals surface area (Å²) in [5.74, 6) is 0. The molecule has 0 aromatic carbocycles. The first-order valence-electron chi connectivity index (χ1n) is 2.79. The first-order chi connectivity index (χ1) is 4.33. The molecular formula is C6H7IN2. The fourth-order valence-electron chi connectivity index (χ4n) is 0.522. The molecule has 0 saturated heterocycles. The first kappa shape index (κ1) is 6.92. The minimum Gasteiger partial charge on any atom is -0.231 e. The van der Waals surface area contributed by atoms with Crippen molar-refractivity contribution in [2.24, 2.45) is 0 Å². The zero-order valence-electron chi connectivity index (χ0n) is 5.13.